The molecule has 0 N–H and O–H groups in total. The number of ketones is 1. The van der Waals surface area contributed by atoms with E-state index in [1.165, 1.54) is 0 Å². The number of rotatable bonds is 6. The maximum atomic E-state index is 14.1. The van der Waals surface area contributed by atoms with Crippen LogP contribution in [-0.4, -0.2) is 40.4 Å². The van der Waals surface area contributed by atoms with Crippen LogP contribution in [-0.2, 0) is 16.1 Å². The third kappa shape index (κ3) is 4.33. The molecule has 7 heteroatoms. The van der Waals surface area contributed by atoms with Crippen molar-refractivity contribution in [3.8, 4) is 11.5 Å². The zero-order chi connectivity index (χ0) is 25.2. The minimum Gasteiger partial charge on any atom is -0.497 e. The summed E-state index contributed by atoms with van der Waals surface area (Å²) in [5, 5.41) is 0. The number of carbonyl (C=O) groups is 2. The monoisotopic (exact) mass is 483 g/mol. The predicted octanol–water partition coefficient (Wildman–Crippen LogP) is 4.97. The lowest BCUT2D eigenvalue weighted by Gasteiger charge is -2.45. The number of amides is 1. The van der Waals surface area contributed by atoms with Gasteiger partial charge in [-0.05, 0) is 47.5 Å². The molecule has 0 bridgehead atoms. The number of hydrogen-bond donors (Lipinski definition) is 0. The number of ether oxygens (including phenoxy) is 2. The smallest absolute Gasteiger partial charge is 0.243 e. The topological polar surface area (TPSA) is 73.7 Å². The van der Waals surface area contributed by atoms with Gasteiger partial charge >= 0.3 is 0 Å². The summed E-state index contributed by atoms with van der Waals surface area (Å²) in [7, 11) is 3.23. The Hall–Kier alpha value is -4.13. The van der Waals surface area contributed by atoms with Gasteiger partial charge in [-0.2, -0.15) is 0 Å². The van der Waals surface area contributed by atoms with E-state index in [1.807, 2.05) is 89.2 Å². The van der Waals surface area contributed by atoms with E-state index in [-0.39, 0.29) is 30.6 Å². The second kappa shape index (κ2) is 9.85. The van der Waals surface area contributed by atoms with Crippen molar-refractivity contribution < 1.29 is 19.1 Å². The Bertz CT molecular complexity index is 1380. The lowest BCUT2D eigenvalue weighted by Crippen LogP contribution is -2.48. The van der Waals surface area contributed by atoms with Crippen LogP contribution in [0.5, 0.6) is 11.5 Å². The molecule has 1 aliphatic rings. The van der Waals surface area contributed by atoms with E-state index in [4.69, 9.17) is 9.47 Å². The SMILES string of the molecule is COc1ccc(C2CC(=O)C(C)C(c3ccc(OC)cc3)N2C(=O)Cn2cnc3ccccc32)cc1. The largest absolute Gasteiger partial charge is 0.497 e. The molecule has 1 saturated heterocycles. The first-order valence-corrected chi connectivity index (χ1v) is 12.0. The molecule has 3 aromatic carbocycles. The molecule has 5 rings (SSSR count). The highest BCUT2D eigenvalue weighted by Crippen LogP contribution is 2.44. The van der Waals surface area contributed by atoms with Crippen molar-refractivity contribution in [1.29, 1.82) is 0 Å². The number of Topliss-reactive ketones (excluding diaryl/α,β-unsaturated/α-hetero) is 1. The molecule has 3 atom stereocenters. The normalized spacial score (nSPS) is 19.9. The van der Waals surface area contributed by atoms with Gasteiger partial charge in [-0.15, -0.1) is 0 Å². The zero-order valence-corrected chi connectivity index (χ0v) is 20.6. The highest BCUT2D eigenvalue weighted by Gasteiger charge is 2.44. The van der Waals surface area contributed by atoms with E-state index in [2.05, 4.69) is 4.98 Å². The molecule has 1 amide bonds. The summed E-state index contributed by atoms with van der Waals surface area (Å²) in [5.41, 5.74) is 3.54. The van der Waals surface area contributed by atoms with E-state index >= 15 is 0 Å². The molecule has 4 aromatic rings. The molecule has 0 aliphatic carbocycles. The zero-order valence-electron chi connectivity index (χ0n) is 20.6. The van der Waals surface area contributed by atoms with Crippen LogP contribution in [0.1, 0.15) is 36.6 Å². The highest BCUT2D eigenvalue weighted by atomic mass is 16.5. The number of imidazole rings is 1. The van der Waals surface area contributed by atoms with Crippen LogP contribution in [0.3, 0.4) is 0 Å². The van der Waals surface area contributed by atoms with Gasteiger partial charge in [0.2, 0.25) is 5.91 Å². The Morgan fingerprint density at radius 3 is 2.17 bits per heavy atom. The maximum Gasteiger partial charge on any atom is 0.243 e. The number of para-hydroxylation sites is 2. The lowest BCUT2D eigenvalue weighted by atomic mass is 9.80. The number of likely N-dealkylation sites (tertiary alicyclic amines) is 1. The van der Waals surface area contributed by atoms with Gasteiger partial charge in [-0.25, -0.2) is 4.98 Å². The molecule has 184 valence electrons. The van der Waals surface area contributed by atoms with E-state index in [1.54, 1.807) is 20.5 Å². The van der Waals surface area contributed by atoms with Crippen molar-refractivity contribution >= 4 is 22.7 Å². The Kier molecular flexibility index (Phi) is 6.46. The fourth-order valence-electron chi connectivity index (χ4n) is 5.13. The average Bonchev–Trinajstić information content (AvgIpc) is 3.32. The minimum absolute atomic E-state index is 0.0702. The molecule has 2 heterocycles. The molecule has 0 saturated carbocycles. The number of nitrogens with zero attached hydrogens (tertiary/aromatic N) is 3. The Morgan fingerprint density at radius 1 is 0.917 bits per heavy atom. The first kappa shape index (κ1) is 23.6. The fourth-order valence-corrected chi connectivity index (χ4v) is 5.13. The first-order valence-electron chi connectivity index (χ1n) is 12.0. The van der Waals surface area contributed by atoms with E-state index in [0.29, 0.717) is 0 Å². The summed E-state index contributed by atoms with van der Waals surface area (Å²) in [6.45, 7) is 2.04. The Morgan fingerprint density at radius 2 is 1.53 bits per heavy atom. The average molecular weight is 484 g/mol. The van der Waals surface area contributed by atoms with Crippen LogP contribution in [0.15, 0.2) is 79.1 Å². The van der Waals surface area contributed by atoms with E-state index in [9.17, 15) is 9.59 Å². The summed E-state index contributed by atoms with van der Waals surface area (Å²) in [4.78, 5) is 33.7. The van der Waals surface area contributed by atoms with Gasteiger partial charge in [0.05, 0.1) is 43.7 Å². The lowest BCUT2D eigenvalue weighted by molar-refractivity contribution is -0.147. The van der Waals surface area contributed by atoms with Gasteiger partial charge in [0, 0.05) is 12.3 Å². The molecule has 36 heavy (non-hydrogen) atoms. The Labute approximate surface area is 210 Å². The van der Waals surface area contributed by atoms with E-state index < -0.39 is 12.1 Å². The summed E-state index contributed by atoms with van der Waals surface area (Å²) >= 11 is 0. The molecule has 7 nitrogen and oxygen atoms in total. The Balaban J connectivity index is 1.58. The van der Waals surface area contributed by atoms with Crippen molar-refractivity contribution in [2.75, 3.05) is 14.2 Å². The first-order chi connectivity index (χ1) is 17.5. The number of aromatic nitrogens is 2. The summed E-state index contributed by atoms with van der Waals surface area (Å²) in [6.07, 6.45) is 1.96. The van der Waals surface area contributed by atoms with Crippen LogP contribution in [0, 0.1) is 5.92 Å². The highest BCUT2D eigenvalue weighted by molar-refractivity contribution is 5.88. The van der Waals surface area contributed by atoms with Gasteiger partial charge in [-0.3, -0.25) is 9.59 Å². The second-order valence-corrected chi connectivity index (χ2v) is 9.13. The van der Waals surface area contributed by atoms with Gasteiger partial charge in [-0.1, -0.05) is 43.3 Å². The van der Waals surface area contributed by atoms with Gasteiger partial charge < -0.3 is 18.9 Å². The number of benzene rings is 3. The van der Waals surface area contributed by atoms with Gasteiger partial charge in [0.15, 0.2) is 0 Å². The molecule has 1 fully saturated rings. The van der Waals surface area contributed by atoms with Crippen LogP contribution in [0.25, 0.3) is 11.0 Å². The molecule has 3 unspecified atom stereocenters. The third-order valence-electron chi connectivity index (χ3n) is 7.09. The molecule has 1 aromatic heterocycles. The third-order valence-corrected chi connectivity index (χ3v) is 7.09. The second-order valence-electron chi connectivity index (χ2n) is 9.13. The molecular weight excluding hydrogens is 454 g/mol. The maximum absolute atomic E-state index is 14.1. The van der Waals surface area contributed by atoms with Crippen LogP contribution in [0.2, 0.25) is 0 Å². The van der Waals surface area contributed by atoms with E-state index in [0.717, 1.165) is 33.7 Å². The van der Waals surface area contributed by atoms with Crippen molar-refractivity contribution in [1.82, 2.24) is 14.5 Å². The summed E-state index contributed by atoms with van der Waals surface area (Å²) in [6, 6.07) is 22.2. The number of hydrogen-bond acceptors (Lipinski definition) is 5. The van der Waals surface area contributed by atoms with Crippen molar-refractivity contribution in [3.63, 3.8) is 0 Å². The summed E-state index contributed by atoms with van der Waals surface area (Å²) in [5.74, 6) is 1.16. The minimum atomic E-state index is -0.411. The fraction of sp³-hybridized carbons (Fsp3) is 0.276. The standard InChI is InChI=1S/C29H29N3O4/c1-19-27(33)16-26(20-8-12-22(35-2)13-9-20)32(29(19)21-10-14-23(36-3)15-11-21)28(34)17-31-18-30-24-6-4-5-7-25(24)31/h4-15,18-19,26,29H,16-17H2,1-3H3. The summed E-state index contributed by atoms with van der Waals surface area (Å²) < 4.78 is 12.5. The van der Waals surface area contributed by atoms with Crippen molar-refractivity contribution in [2.24, 2.45) is 5.92 Å². The van der Waals surface area contributed by atoms with Crippen molar-refractivity contribution in [3.05, 3.63) is 90.3 Å². The van der Waals surface area contributed by atoms with Crippen LogP contribution >= 0.6 is 0 Å². The molecule has 0 spiro atoms. The van der Waals surface area contributed by atoms with Gasteiger partial charge in [0.1, 0.15) is 23.8 Å². The molecular formula is C29H29N3O4. The van der Waals surface area contributed by atoms with Gasteiger partial charge in [0.25, 0.3) is 0 Å². The molecule has 0 radical (unpaired) electrons. The predicted molar refractivity (Wildman–Crippen MR) is 137 cm³/mol. The van der Waals surface area contributed by atoms with Crippen LogP contribution in [0.4, 0.5) is 0 Å². The molecule has 1 aliphatic heterocycles. The van der Waals surface area contributed by atoms with Crippen molar-refractivity contribution in [2.45, 2.75) is 32.0 Å². The number of fused-ring (bicyclic) bond motifs is 1. The van der Waals surface area contributed by atoms with Crippen LogP contribution < -0.4 is 9.47 Å². The number of methoxy groups -OCH3 is 2. The number of carbonyl (C=O) groups excluding carboxylic acids is 2. The number of piperidine rings is 1. The quantitative estimate of drug-likeness (QED) is 0.387.